The fourth-order valence-electron chi connectivity index (χ4n) is 2.55. The highest BCUT2D eigenvalue weighted by molar-refractivity contribution is 5.96. The molecule has 4 nitrogen and oxygen atoms in total. The van der Waals surface area contributed by atoms with E-state index in [1.165, 1.54) is 5.39 Å². The quantitative estimate of drug-likeness (QED) is 0.746. The lowest BCUT2D eigenvalue weighted by atomic mass is 10.2. The van der Waals surface area contributed by atoms with Gasteiger partial charge in [-0.2, -0.15) is 0 Å². The number of aryl methyl sites for hydroxylation is 2. The Bertz CT molecular complexity index is 773. The molecule has 0 unspecified atom stereocenters. The number of para-hydroxylation sites is 1. The van der Waals surface area contributed by atoms with Gasteiger partial charge in [-0.25, -0.2) is 4.98 Å². The second-order valence-electron chi connectivity index (χ2n) is 5.05. The van der Waals surface area contributed by atoms with Gasteiger partial charge in [-0.1, -0.05) is 18.2 Å². The number of hydrogen-bond acceptors (Lipinski definition) is 3. The van der Waals surface area contributed by atoms with E-state index in [4.69, 9.17) is 5.73 Å². The smallest absolute Gasteiger partial charge is 0.133 e. The minimum atomic E-state index is 0.720. The molecule has 102 valence electrons. The van der Waals surface area contributed by atoms with E-state index >= 15 is 0 Å². The summed E-state index contributed by atoms with van der Waals surface area (Å²) >= 11 is 0. The number of nitrogen functional groups attached to an aromatic ring is 1. The van der Waals surface area contributed by atoms with E-state index in [9.17, 15) is 0 Å². The van der Waals surface area contributed by atoms with Gasteiger partial charge in [0.2, 0.25) is 0 Å². The van der Waals surface area contributed by atoms with Crippen LogP contribution in [0.2, 0.25) is 0 Å². The predicted molar refractivity (Wildman–Crippen MR) is 84.5 cm³/mol. The molecule has 2 aromatic heterocycles. The summed E-state index contributed by atoms with van der Waals surface area (Å²) in [6.07, 6.45) is 0. The number of rotatable bonds is 2. The lowest BCUT2D eigenvalue weighted by Gasteiger charge is -2.19. The minimum absolute atomic E-state index is 0.720. The fraction of sp³-hybridized carbons (Fsp3) is 0.188. The van der Waals surface area contributed by atoms with Crippen LogP contribution in [0.4, 0.5) is 17.2 Å². The van der Waals surface area contributed by atoms with Gasteiger partial charge >= 0.3 is 0 Å². The Balaban J connectivity index is 2.14. The molecule has 3 aromatic rings. The normalized spacial score (nSPS) is 10.9. The average Bonchev–Trinajstić information content (AvgIpc) is 2.77. The van der Waals surface area contributed by atoms with Crippen molar-refractivity contribution < 1.29 is 0 Å². The topological polar surface area (TPSA) is 57.9 Å². The van der Waals surface area contributed by atoms with Crippen LogP contribution in [-0.2, 0) is 0 Å². The molecule has 0 fully saturated rings. The number of benzene rings is 1. The van der Waals surface area contributed by atoms with Gasteiger partial charge in [-0.15, -0.1) is 0 Å². The molecule has 1 aromatic carbocycles. The van der Waals surface area contributed by atoms with E-state index in [-0.39, 0.29) is 0 Å². The summed E-state index contributed by atoms with van der Waals surface area (Å²) in [4.78, 5) is 10.1. The maximum atomic E-state index is 5.84. The molecule has 0 saturated heterocycles. The molecule has 0 amide bonds. The van der Waals surface area contributed by atoms with Crippen LogP contribution in [0.15, 0.2) is 36.4 Å². The highest BCUT2D eigenvalue weighted by atomic mass is 15.2. The predicted octanol–water partition coefficient (Wildman–Crippen LogP) is 3.53. The Morgan fingerprint density at radius 3 is 2.60 bits per heavy atom. The number of nitrogens with one attached hydrogen (secondary N) is 1. The largest absolute Gasteiger partial charge is 0.397 e. The summed E-state index contributed by atoms with van der Waals surface area (Å²) in [5.41, 5.74) is 10.8. The lowest BCUT2D eigenvalue weighted by Crippen LogP contribution is -2.12. The summed E-state index contributed by atoms with van der Waals surface area (Å²) in [5, 5.41) is 1.20. The SMILES string of the molecule is Cc1nc(N(C)c2c(C)[nH]c3ccccc23)ccc1N. The number of aromatic nitrogens is 2. The standard InChI is InChI=1S/C16H18N4/c1-10-13(17)8-9-15(19-10)20(3)16-11(2)18-14-7-5-4-6-12(14)16/h4-9,18H,17H2,1-3H3. The van der Waals surface area contributed by atoms with Crippen LogP contribution in [0.1, 0.15) is 11.4 Å². The zero-order valence-corrected chi connectivity index (χ0v) is 11.9. The van der Waals surface area contributed by atoms with Gasteiger partial charge in [-0.05, 0) is 32.0 Å². The van der Waals surface area contributed by atoms with E-state index in [1.807, 2.05) is 32.2 Å². The van der Waals surface area contributed by atoms with Crippen molar-refractivity contribution in [3.05, 3.63) is 47.8 Å². The molecule has 0 atom stereocenters. The average molecular weight is 266 g/mol. The Hall–Kier alpha value is -2.49. The van der Waals surface area contributed by atoms with E-state index in [2.05, 4.69) is 40.0 Å². The van der Waals surface area contributed by atoms with E-state index in [0.717, 1.165) is 34.1 Å². The Kier molecular flexibility index (Phi) is 2.86. The van der Waals surface area contributed by atoms with E-state index in [0.29, 0.717) is 0 Å². The number of anilines is 3. The highest BCUT2D eigenvalue weighted by Crippen LogP contribution is 2.33. The number of aromatic amines is 1. The van der Waals surface area contributed by atoms with Crippen molar-refractivity contribution >= 4 is 28.1 Å². The fourth-order valence-corrected chi connectivity index (χ4v) is 2.55. The molecule has 3 N–H and O–H groups in total. The van der Waals surface area contributed by atoms with Gasteiger partial charge in [-0.3, -0.25) is 0 Å². The van der Waals surface area contributed by atoms with E-state index in [1.54, 1.807) is 0 Å². The Labute approximate surface area is 118 Å². The number of H-pyrrole nitrogens is 1. The molecule has 4 heteroatoms. The van der Waals surface area contributed by atoms with Crippen molar-refractivity contribution in [2.45, 2.75) is 13.8 Å². The van der Waals surface area contributed by atoms with Crippen molar-refractivity contribution in [1.82, 2.24) is 9.97 Å². The third-order valence-corrected chi connectivity index (χ3v) is 3.65. The molecule has 0 aliphatic carbocycles. The summed E-state index contributed by atoms with van der Waals surface area (Å²) in [6, 6.07) is 12.1. The molecular weight excluding hydrogens is 248 g/mol. The molecule has 2 heterocycles. The van der Waals surface area contributed by atoms with Gasteiger partial charge in [0.05, 0.1) is 17.1 Å². The van der Waals surface area contributed by atoms with Crippen LogP contribution in [0.25, 0.3) is 10.9 Å². The van der Waals surface area contributed by atoms with Gasteiger partial charge in [0.15, 0.2) is 0 Å². The Morgan fingerprint density at radius 1 is 1.10 bits per heavy atom. The van der Waals surface area contributed by atoms with Crippen LogP contribution < -0.4 is 10.6 Å². The summed E-state index contributed by atoms with van der Waals surface area (Å²) in [5.74, 6) is 0.893. The van der Waals surface area contributed by atoms with Crippen molar-refractivity contribution in [2.75, 3.05) is 17.7 Å². The zero-order chi connectivity index (χ0) is 14.3. The number of pyridine rings is 1. The molecule has 0 radical (unpaired) electrons. The van der Waals surface area contributed by atoms with Crippen LogP contribution in [0.3, 0.4) is 0 Å². The first-order chi connectivity index (χ1) is 9.58. The van der Waals surface area contributed by atoms with Crippen molar-refractivity contribution in [3.8, 4) is 0 Å². The zero-order valence-electron chi connectivity index (χ0n) is 11.9. The first kappa shape index (κ1) is 12.5. The van der Waals surface area contributed by atoms with Gasteiger partial charge in [0.25, 0.3) is 0 Å². The van der Waals surface area contributed by atoms with Gasteiger partial charge < -0.3 is 15.6 Å². The third kappa shape index (κ3) is 1.90. The van der Waals surface area contributed by atoms with Crippen molar-refractivity contribution in [2.24, 2.45) is 0 Å². The van der Waals surface area contributed by atoms with Crippen LogP contribution in [0, 0.1) is 13.8 Å². The maximum absolute atomic E-state index is 5.84. The van der Waals surface area contributed by atoms with Crippen molar-refractivity contribution in [3.63, 3.8) is 0 Å². The second kappa shape index (κ2) is 4.56. The van der Waals surface area contributed by atoms with Crippen LogP contribution in [0.5, 0.6) is 0 Å². The molecule has 0 aliphatic heterocycles. The number of hydrogen-bond donors (Lipinski definition) is 2. The molecule has 20 heavy (non-hydrogen) atoms. The van der Waals surface area contributed by atoms with Crippen LogP contribution >= 0.6 is 0 Å². The molecular formula is C16H18N4. The first-order valence-corrected chi connectivity index (χ1v) is 6.62. The molecule has 0 saturated carbocycles. The maximum Gasteiger partial charge on any atom is 0.133 e. The third-order valence-electron chi connectivity index (χ3n) is 3.65. The Morgan fingerprint density at radius 2 is 1.85 bits per heavy atom. The molecule has 0 bridgehead atoms. The number of nitrogens with zero attached hydrogens (tertiary/aromatic N) is 2. The highest BCUT2D eigenvalue weighted by Gasteiger charge is 2.14. The van der Waals surface area contributed by atoms with Gasteiger partial charge in [0, 0.05) is 23.6 Å². The summed E-state index contributed by atoms with van der Waals surface area (Å²) < 4.78 is 0. The lowest BCUT2D eigenvalue weighted by molar-refractivity contribution is 1.09. The first-order valence-electron chi connectivity index (χ1n) is 6.62. The molecule has 3 rings (SSSR count). The number of fused-ring (bicyclic) bond motifs is 1. The second-order valence-corrected chi connectivity index (χ2v) is 5.05. The van der Waals surface area contributed by atoms with Crippen molar-refractivity contribution in [1.29, 1.82) is 0 Å². The van der Waals surface area contributed by atoms with Gasteiger partial charge in [0.1, 0.15) is 5.82 Å². The molecule has 0 aliphatic rings. The van der Waals surface area contributed by atoms with E-state index < -0.39 is 0 Å². The monoisotopic (exact) mass is 266 g/mol. The minimum Gasteiger partial charge on any atom is -0.397 e. The number of nitrogens with two attached hydrogens (primary N) is 1. The molecule has 0 spiro atoms. The summed E-state index contributed by atoms with van der Waals surface area (Å²) in [7, 11) is 2.03. The summed E-state index contributed by atoms with van der Waals surface area (Å²) in [6.45, 7) is 4.00. The van der Waals surface area contributed by atoms with Crippen LogP contribution in [-0.4, -0.2) is 17.0 Å².